The molecule has 0 radical (unpaired) electrons. The smallest absolute Gasteiger partial charge is 0.328 e. The van der Waals surface area contributed by atoms with E-state index < -0.39 is 35.8 Å². The predicted molar refractivity (Wildman–Crippen MR) is 154 cm³/mol. The number of aromatic nitrogens is 2. The van der Waals surface area contributed by atoms with Crippen molar-refractivity contribution in [1.82, 2.24) is 20.4 Å². The maximum absolute atomic E-state index is 13.7. The van der Waals surface area contributed by atoms with Gasteiger partial charge in [-0.15, -0.1) is 0 Å². The summed E-state index contributed by atoms with van der Waals surface area (Å²) in [5.41, 5.74) is 3.31. The Balaban J connectivity index is 1.87. The van der Waals surface area contributed by atoms with Gasteiger partial charge in [-0.05, 0) is 51.3 Å². The molecule has 0 saturated heterocycles. The fraction of sp³-hybridized carbons (Fsp3) is 0.387. The van der Waals surface area contributed by atoms with Gasteiger partial charge < -0.3 is 20.1 Å². The quantitative estimate of drug-likeness (QED) is 0.301. The van der Waals surface area contributed by atoms with Crippen molar-refractivity contribution < 1.29 is 28.7 Å². The van der Waals surface area contributed by atoms with Crippen LogP contribution in [0.2, 0.25) is 0 Å². The van der Waals surface area contributed by atoms with Crippen LogP contribution in [0.1, 0.15) is 56.5 Å². The summed E-state index contributed by atoms with van der Waals surface area (Å²) in [4.78, 5) is 51.5. The number of benzene rings is 2. The molecule has 218 valence electrons. The van der Waals surface area contributed by atoms with Gasteiger partial charge in [-0.25, -0.2) is 9.48 Å². The number of aryl methyl sites for hydroxylation is 1. The van der Waals surface area contributed by atoms with Crippen LogP contribution in [0.5, 0.6) is 0 Å². The summed E-state index contributed by atoms with van der Waals surface area (Å²) < 4.78 is 11.7. The number of rotatable bonds is 13. The SMILES string of the molecule is CCOC(=O)CC[C@@H](NC(=O)[C@@H](NC(=O)c1cn(-c2ccccc2)nc1-c1cccc(C)c1)C(C)C)C(=O)OCC. The van der Waals surface area contributed by atoms with E-state index in [0.717, 1.165) is 16.8 Å². The van der Waals surface area contributed by atoms with E-state index in [-0.39, 0.29) is 32.0 Å². The number of ether oxygens (including phenoxy) is 2. The van der Waals surface area contributed by atoms with Crippen molar-refractivity contribution >= 4 is 23.8 Å². The summed E-state index contributed by atoms with van der Waals surface area (Å²) in [7, 11) is 0. The highest BCUT2D eigenvalue weighted by Gasteiger charge is 2.31. The van der Waals surface area contributed by atoms with E-state index in [2.05, 4.69) is 10.6 Å². The molecule has 0 aliphatic heterocycles. The van der Waals surface area contributed by atoms with Crippen LogP contribution in [0.4, 0.5) is 0 Å². The molecular weight excluding hydrogens is 524 g/mol. The molecule has 3 rings (SSSR count). The maximum Gasteiger partial charge on any atom is 0.328 e. The molecule has 1 aromatic heterocycles. The molecule has 2 atom stereocenters. The molecule has 0 spiro atoms. The lowest BCUT2D eigenvalue weighted by Crippen LogP contribution is -2.54. The second kappa shape index (κ2) is 14.8. The molecule has 2 amide bonds. The minimum Gasteiger partial charge on any atom is -0.466 e. The number of nitrogens with one attached hydrogen (secondary N) is 2. The van der Waals surface area contributed by atoms with Crippen molar-refractivity contribution in [2.24, 2.45) is 5.92 Å². The normalized spacial score (nSPS) is 12.3. The van der Waals surface area contributed by atoms with Gasteiger partial charge in [0, 0.05) is 18.2 Å². The summed E-state index contributed by atoms with van der Waals surface area (Å²) in [6.45, 7) is 9.20. The third kappa shape index (κ3) is 8.51. The first-order valence-electron chi connectivity index (χ1n) is 13.8. The van der Waals surface area contributed by atoms with Crippen molar-refractivity contribution in [1.29, 1.82) is 0 Å². The first-order valence-corrected chi connectivity index (χ1v) is 13.8. The molecule has 3 aromatic rings. The van der Waals surface area contributed by atoms with Crippen LogP contribution in [0, 0.1) is 12.8 Å². The average molecular weight is 563 g/mol. The van der Waals surface area contributed by atoms with Crippen molar-refractivity contribution in [3.05, 3.63) is 71.9 Å². The second-order valence-electron chi connectivity index (χ2n) is 9.89. The third-order valence-electron chi connectivity index (χ3n) is 6.34. The Kier molecular flexibility index (Phi) is 11.2. The van der Waals surface area contributed by atoms with Gasteiger partial charge >= 0.3 is 11.9 Å². The van der Waals surface area contributed by atoms with Crippen LogP contribution in [-0.4, -0.2) is 58.8 Å². The summed E-state index contributed by atoms with van der Waals surface area (Å²) in [5.74, 6) is -2.52. The molecule has 0 fully saturated rings. The lowest BCUT2D eigenvalue weighted by molar-refractivity contribution is -0.149. The zero-order valence-electron chi connectivity index (χ0n) is 24.2. The van der Waals surface area contributed by atoms with Crippen molar-refractivity contribution in [2.75, 3.05) is 13.2 Å². The van der Waals surface area contributed by atoms with Gasteiger partial charge in [-0.3, -0.25) is 14.4 Å². The van der Waals surface area contributed by atoms with Gasteiger partial charge in [0.15, 0.2) is 0 Å². The number of esters is 2. The molecule has 10 heteroatoms. The molecular formula is C31H38N4O6. The number of carbonyl (C=O) groups excluding carboxylic acids is 4. The predicted octanol–water partition coefficient (Wildman–Crippen LogP) is 3.99. The molecule has 0 aliphatic carbocycles. The lowest BCUT2D eigenvalue weighted by atomic mass is 10.0. The van der Waals surface area contributed by atoms with Gasteiger partial charge in [0.05, 0.1) is 24.5 Å². The maximum atomic E-state index is 13.7. The van der Waals surface area contributed by atoms with E-state index in [9.17, 15) is 19.2 Å². The number of amides is 2. The van der Waals surface area contributed by atoms with E-state index in [1.807, 2.05) is 61.5 Å². The van der Waals surface area contributed by atoms with E-state index >= 15 is 0 Å². The average Bonchev–Trinajstić information content (AvgIpc) is 3.40. The minimum absolute atomic E-state index is 0.00349. The van der Waals surface area contributed by atoms with Crippen LogP contribution >= 0.6 is 0 Å². The lowest BCUT2D eigenvalue weighted by Gasteiger charge is -2.24. The van der Waals surface area contributed by atoms with Gasteiger partial charge in [0.2, 0.25) is 5.91 Å². The van der Waals surface area contributed by atoms with Gasteiger partial charge in [-0.2, -0.15) is 5.10 Å². The Hall–Kier alpha value is -4.47. The summed E-state index contributed by atoms with van der Waals surface area (Å²) in [5, 5.41) is 10.2. The first kappa shape index (κ1) is 31.1. The molecule has 0 saturated carbocycles. The molecule has 2 N–H and O–H groups in total. The Bertz CT molecular complexity index is 1350. The van der Waals surface area contributed by atoms with E-state index in [1.165, 1.54) is 0 Å². The van der Waals surface area contributed by atoms with Crippen molar-refractivity contribution in [3.8, 4) is 16.9 Å². The molecule has 2 aromatic carbocycles. The summed E-state index contributed by atoms with van der Waals surface area (Å²) in [6, 6.07) is 15.0. The van der Waals surface area contributed by atoms with Crippen LogP contribution in [0.25, 0.3) is 16.9 Å². The number of hydrogen-bond acceptors (Lipinski definition) is 7. The van der Waals surface area contributed by atoms with Gasteiger partial charge in [0.1, 0.15) is 17.8 Å². The van der Waals surface area contributed by atoms with Crippen LogP contribution in [0.3, 0.4) is 0 Å². The fourth-order valence-corrected chi connectivity index (χ4v) is 4.26. The zero-order chi connectivity index (χ0) is 29.9. The largest absolute Gasteiger partial charge is 0.466 e. The third-order valence-corrected chi connectivity index (χ3v) is 6.34. The van der Waals surface area contributed by atoms with Crippen molar-refractivity contribution in [2.45, 2.75) is 59.5 Å². The fourth-order valence-electron chi connectivity index (χ4n) is 4.26. The number of para-hydroxylation sites is 1. The molecule has 10 nitrogen and oxygen atoms in total. The van der Waals surface area contributed by atoms with E-state index in [4.69, 9.17) is 14.6 Å². The Morgan fingerprint density at radius 3 is 2.27 bits per heavy atom. The van der Waals surface area contributed by atoms with Gasteiger partial charge in [-0.1, -0.05) is 55.8 Å². The number of nitrogens with zero attached hydrogens (tertiary/aromatic N) is 2. The van der Waals surface area contributed by atoms with Crippen LogP contribution in [0.15, 0.2) is 60.8 Å². The molecule has 0 unspecified atom stereocenters. The Morgan fingerprint density at radius 1 is 0.927 bits per heavy atom. The van der Waals surface area contributed by atoms with E-state index in [0.29, 0.717) is 11.3 Å². The molecule has 0 bridgehead atoms. The highest BCUT2D eigenvalue weighted by Crippen LogP contribution is 2.25. The zero-order valence-corrected chi connectivity index (χ0v) is 24.2. The summed E-state index contributed by atoms with van der Waals surface area (Å²) >= 11 is 0. The van der Waals surface area contributed by atoms with Crippen LogP contribution < -0.4 is 10.6 Å². The van der Waals surface area contributed by atoms with E-state index in [1.54, 1.807) is 38.6 Å². The first-order chi connectivity index (χ1) is 19.6. The molecule has 0 aliphatic rings. The highest BCUT2D eigenvalue weighted by molar-refractivity contribution is 6.02. The summed E-state index contributed by atoms with van der Waals surface area (Å²) in [6.07, 6.45) is 1.57. The van der Waals surface area contributed by atoms with Gasteiger partial charge in [0.25, 0.3) is 5.91 Å². The van der Waals surface area contributed by atoms with Crippen molar-refractivity contribution in [3.63, 3.8) is 0 Å². The standard InChI is InChI=1S/C31H38N4O6/c1-6-40-26(36)17-16-25(31(39)41-7-2)32-30(38)27(20(3)4)33-29(37)24-19-35(23-14-9-8-10-15-23)34-28(24)22-13-11-12-21(5)18-22/h8-15,18-20,25,27H,6-7,16-17H2,1-5H3,(H,32,38)(H,33,37)/t25-,27+/m1/s1. The second-order valence-corrected chi connectivity index (χ2v) is 9.89. The Labute approximate surface area is 240 Å². The Morgan fingerprint density at radius 2 is 1.63 bits per heavy atom. The minimum atomic E-state index is -1.08. The number of carbonyl (C=O) groups is 4. The highest BCUT2D eigenvalue weighted by atomic mass is 16.5. The monoisotopic (exact) mass is 562 g/mol. The molecule has 1 heterocycles. The topological polar surface area (TPSA) is 129 Å². The van der Waals surface area contributed by atoms with Crippen LogP contribution in [-0.2, 0) is 23.9 Å². The number of hydrogen-bond donors (Lipinski definition) is 2. The molecule has 41 heavy (non-hydrogen) atoms.